The van der Waals surface area contributed by atoms with E-state index in [1.807, 2.05) is 48.6 Å². The van der Waals surface area contributed by atoms with Crippen molar-refractivity contribution in [1.82, 2.24) is 0 Å². The normalized spacial score (nSPS) is 19.0. The van der Waals surface area contributed by atoms with Gasteiger partial charge in [0.25, 0.3) is 0 Å². The van der Waals surface area contributed by atoms with Gasteiger partial charge < -0.3 is 0 Å². The van der Waals surface area contributed by atoms with Crippen molar-refractivity contribution in [3.05, 3.63) is 90.1 Å². The first-order valence-corrected chi connectivity index (χ1v) is 8.55. The Morgan fingerprint density at radius 3 is 2.44 bits per heavy atom. The quantitative estimate of drug-likeness (QED) is 0.485. The van der Waals surface area contributed by atoms with Crippen LogP contribution in [0.25, 0.3) is 5.57 Å². The molecular formula is C22H23F3. The van der Waals surface area contributed by atoms with Gasteiger partial charge in [0, 0.05) is 0 Å². The minimum absolute atomic E-state index is 0.00537. The molecule has 0 aromatic heterocycles. The molecule has 0 amide bonds. The molecule has 0 radical (unpaired) electrons. The third-order valence-corrected chi connectivity index (χ3v) is 3.99. The molecule has 2 rings (SSSR count). The van der Waals surface area contributed by atoms with E-state index in [2.05, 4.69) is 19.1 Å². The van der Waals surface area contributed by atoms with Gasteiger partial charge in [0.15, 0.2) is 0 Å². The molecule has 0 nitrogen and oxygen atoms in total. The third-order valence-electron chi connectivity index (χ3n) is 3.99. The summed E-state index contributed by atoms with van der Waals surface area (Å²) in [5.74, 6) is -1.38. The fourth-order valence-electron chi connectivity index (χ4n) is 2.64. The molecule has 0 heterocycles. The summed E-state index contributed by atoms with van der Waals surface area (Å²) in [4.78, 5) is 0. The topological polar surface area (TPSA) is 0 Å². The van der Waals surface area contributed by atoms with E-state index in [9.17, 15) is 13.2 Å². The summed E-state index contributed by atoms with van der Waals surface area (Å²) >= 11 is 0. The van der Waals surface area contributed by atoms with Gasteiger partial charge in [0.05, 0.1) is 5.92 Å². The fourth-order valence-corrected chi connectivity index (χ4v) is 2.64. The highest BCUT2D eigenvalue weighted by Crippen LogP contribution is 2.36. The number of allylic oxidation sites excluding steroid dienone is 10. The Labute approximate surface area is 147 Å². The highest BCUT2D eigenvalue weighted by Gasteiger charge is 2.37. The van der Waals surface area contributed by atoms with E-state index in [1.165, 1.54) is 6.08 Å². The minimum atomic E-state index is -4.18. The van der Waals surface area contributed by atoms with Crippen LogP contribution in [0, 0.1) is 5.92 Å². The van der Waals surface area contributed by atoms with Crippen molar-refractivity contribution < 1.29 is 13.2 Å². The number of alkyl halides is 3. The number of rotatable bonds is 6. The summed E-state index contributed by atoms with van der Waals surface area (Å²) in [5, 5.41) is 0. The van der Waals surface area contributed by atoms with Gasteiger partial charge in [0.1, 0.15) is 0 Å². The summed E-state index contributed by atoms with van der Waals surface area (Å²) in [6.07, 6.45) is 12.3. The maximum atomic E-state index is 12.8. The van der Waals surface area contributed by atoms with E-state index in [-0.39, 0.29) is 6.42 Å². The second-order valence-corrected chi connectivity index (χ2v) is 5.89. The molecule has 1 unspecified atom stereocenters. The van der Waals surface area contributed by atoms with Gasteiger partial charge in [-0.15, -0.1) is 0 Å². The van der Waals surface area contributed by atoms with Crippen LogP contribution in [0.4, 0.5) is 13.2 Å². The lowest BCUT2D eigenvalue weighted by molar-refractivity contribution is -0.160. The zero-order valence-corrected chi connectivity index (χ0v) is 14.3. The monoisotopic (exact) mass is 344 g/mol. The standard InChI is InChI=1S/C22H23F3/c1-2-3-4-5-6-10-13-21(18-11-8-7-9-12-18)19-14-16-20(17-15-19)22(23,24)25/h3-9,11-16,20H,2,10,17H2,1H3/b4-3-,6-5-,21-13+. The van der Waals surface area contributed by atoms with Gasteiger partial charge in [0.2, 0.25) is 0 Å². The van der Waals surface area contributed by atoms with Gasteiger partial charge >= 0.3 is 6.18 Å². The maximum Gasteiger partial charge on any atom is 0.395 e. The van der Waals surface area contributed by atoms with Crippen LogP contribution in [0.2, 0.25) is 0 Å². The van der Waals surface area contributed by atoms with Gasteiger partial charge in [-0.2, -0.15) is 13.2 Å². The molecule has 25 heavy (non-hydrogen) atoms. The predicted molar refractivity (Wildman–Crippen MR) is 99.0 cm³/mol. The molecule has 3 heteroatoms. The van der Waals surface area contributed by atoms with Crippen molar-refractivity contribution in [3.8, 4) is 0 Å². The van der Waals surface area contributed by atoms with Gasteiger partial charge in [-0.1, -0.05) is 85.9 Å². The van der Waals surface area contributed by atoms with Crippen molar-refractivity contribution >= 4 is 5.57 Å². The molecule has 0 fully saturated rings. The summed E-state index contributed by atoms with van der Waals surface area (Å²) in [7, 11) is 0. The Bertz CT molecular complexity index is 686. The molecule has 1 atom stereocenters. The van der Waals surface area contributed by atoms with Gasteiger partial charge in [-0.3, -0.25) is 0 Å². The van der Waals surface area contributed by atoms with Crippen LogP contribution in [0.15, 0.2) is 84.5 Å². The highest BCUT2D eigenvalue weighted by atomic mass is 19.4. The molecule has 1 aromatic carbocycles. The largest absolute Gasteiger partial charge is 0.395 e. The van der Waals surface area contributed by atoms with Gasteiger partial charge in [-0.05, 0) is 36.0 Å². The van der Waals surface area contributed by atoms with E-state index in [1.54, 1.807) is 12.2 Å². The molecule has 1 aliphatic rings. The molecule has 0 saturated heterocycles. The molecule has 0 bridgehead atoms. The van der Waals surface area contributed by atoms with Crippen molar-refractivity contribution in [2.24, 2.45) is 5.92 Å². The molecule has 132 valence electrons. The Morgan fingerprint density at radius 1 is 1.12 bits per heavy atom. The van der Waals surface area contributed by atoms with Crippen molar-refractivity contribution in [3.63, 3.8) is 0 Å². The number of hydrogen-bond acceptors (Lipinski definition) is 0. The number of benzene rings is 1. The van der Waals surface area contributed by atoms with E-state index < -0.39 is 12.1 Å². The summed E-state index contributed by atoms with van der Waals surface area (Å²) in [6, 6.07) is 9.78. The predicted octanol–water partition coefficient (Wildman–Crippen LogP) is 7.05. The van der Waals surface area contributed by atoms with Crippen molar-refractivity contribution in [1.29, 1.82) is 0 Å². The molecule has 1 aliphatic carbocycles. The molecule has 0 N–H and O–H groups in total. The number of hydrogen-bond donors (Lipinski definition) is 0. The lowest BCUT2D eigenvalue weighted by atomic mass is 9.89. The molecule has 0 saturated carbocycles. The first kappa shape index (κ1) is 19.0. The summed E-state index contributed by atoms with van der Waals surface area (Å²) in [6.45, 7) is 2.08. The highest BCUT2D eigenvalue weighted by molar-refractivity contribution is 5.82. The zero-order chi connectivity index (χ0) is 18.1. The van der Waals surface area contributed by atoms with Crippen molar-refractivity contribution in [2.75, 3.05) is 0 Å². The van der Waals surface area contributed by atoms with E-state index in [0.29, 0.717) is 0 Å². The molecular weight excluding hydrogens is 321 g/mol. The van der Waals surface area contributed by atoms with Crippen LogP contribution >= 0.6 is 0 Å². The van der Waals surface area contributed by atoms with Crippen LogP contribution in [-0.2, 0) is 0 Å². The molecule has 0 spiro atoms. The fraction of sp³-hybridized carbons (Fsp3) is 0.273. The van der Waals surface area contributed by atoms with Gasteiger partial charge in [-0.25, -0.2) is 0 Å². The van der Waals surface area contributed by atoms with E-state index in [0.717, 1.165) is 29.6 Å². The minimum Gasteiger partial charge on any atom is -0.170 e. The average molecular weight is 344 g/mol. The summed E-state index contributed by atoms with van der Waals surface area (Å²) in [5.41, 5.74) is 2.84. The second-order valence-electron chi connectivity index (χ2n) is 5.89. The van der Waals surface area contributed by atoms with Crippen LogP contribution in [0.5, 0.6) is 0 Å². The van der Waals surface area contributed by atoms with Crippen LogP contribution in [0.1, 0.15) is 31.7 Å². The van der Waals surface area contributed by atoms with E-state index >= 15 is 0 Å². The maximum absolute atomic E-state index is 12.8. The van der Waals surface area contributed by atoms with Crippen LogP contribution < -0.4 is 0 Å². The third kappa shape index (κ3) is 5.93. The Balaban J connectivity index is 2.19. The van der Waals surface area contributed by atoms with Crippen molar-refractivity contribution in [2.45, 2.75) is 32.4 Å². The van der Waals surface area contributed by atoms with Crippen LogP contribution in [-0.4, -0.2) is 6.18 Å². The Kier molecular flexibility index (Phi) is 7.05. The first-order chi connectivity index (χ1) is 12.0. The molecule has 1 aromatic rings. The average Bonchev–Trinajstić information content (AvgIpc) is 2.61. The van der Waals surface area contributed by atoms with Crippen LogP contribution in [0.3, 0.4) is 0 Å². The van der Waals surface area contributed by atoms with E-state index in [4.69, 9.17) is 0 Å². The number of halogens is 3. The first-order valence-electron chi connectivity index (χ1n) is 8.55. The summed E-state index contributed by atoms with van der Waals surface area (Å²) < 4.78 is 38.5. The molecule has 0 aliphatic heterocycles. The SMILES string of the molecule is CC/C=C\C=C/C/C=C(/C1=CCC(C(F)(F)F)C=C1)c1ccccc1. The lowest BCUT2D eigenvalue weighted by Crippen LogP contribution is -2.21. The zero-order valence-electron chi connectivity index (χ0n) is 14.3. The Morgan fingerprint density at radius 2 is 1.84 bits per heavy atom. The smallest absolute Gasteiger partial charge is 0.170 e. The lowest BCUT2D eigenvalue weighted by Gasteiger charge is -2.20. The Hall–Kier alpha value is -2.29. The second kappa shape index (κ2) is 9.26.